The van der Waals surface area contributed by atoms with Gasteiger partial charge in [0, 0.05) is 18.9 Å². The van der Waals surface area contributed by atoms with Gasteiger partial charge in [-0.1, -0.05) is 13.8 Å². The molecule has 0 fully saturated rings. The Hall–Kier alpha value is -1.42. The molecule has 0 saturated heterocycles. The van der Waals surface area contributed by atoms with E-state index >= 15 is 0 Å². The van der Waals surface area contributed by atoms with Gasteiger partial charge >= 0.3 is 5.97 Å². The zero-order chi connectivity index (χ0) is 11.8. The SMILES string of the molecule is CCN(CC)CCOC(=O)c1ccncc1. The molecule has 1 rings (SSSR count). The van der Waals surface area contributed by atoms with Gasteiger partial charge in [0.15, 0.2) is 0 Å². The van der Waals surface area contributed by atoms with E-state index in [-0.39, 0.29) is 5.97 Å². The predicted octanol–water partition coefficient (Wildman–Crippen LogP) is 1.58. The van der Waals surface area contributed by atoms with Gasteiger partial charge in [-0.2, -0.15) is 0 Å². The molecular formula is C12H18N2O2. The van der Waals surface area contributed by atoms with Crippen molar-refractivity contribution in [2.75, 3.05) is 26.2 Å². The maximum Gasteiger partial charge on any atom is 0.338 e. The van der Waals surface area contributed by atoms with Crippen LogP contribution in [0.1, 0.15) is 24.2 Å². The molecule has 4 heteroatoms. The van der Waals surface area contributed by atoms with E-state index in [1.54, 1.807) is 24.5 Å². The van der Waals surface area contributed by atoms with Gasteiger partial charge in [0.2, 0.25) is 0 Å². The zero-order valence-corrected chi connectivity index (χ0v) is 9.85. The summed E-state index contributed by atoms with van der Waals surface area (Å²) >= 11 is 0. The lowest BCUT2D eigenvalue weighted by Crippen LogP contribution is -2.27. The fraction of sp³-hybridized carbons (Fsp3) is 0.500. The van der Waals surface area contributed by atoms with Crippen molar-refractivity contribution in [3.63, 3.8) is 0 Å². The number of aromatic nitrogens is 1. The first kappa shape index (κ1) is 12.6. The maximum atomic E-state index is 11.5. The van der Waals surface area contributed by atoms with E-state index in [4.69, 9.17) is 4.74 Å². The summed E-state index contributed by atoms with van der Waals surface area (Å²) in [5, 5.41) is 0. The summed E-state index contributed by atoms with van der Waals surface area (Å²) in [6.07, 6.45) is 3.17. The Kier molecular flexibility index (Phi) is 5.50. The van der Waals surface area contributed by atoms with Crippen molar-refractivity contribution in [3.8, 4) is 0 Å². The van der Waals surface area contributed by atoms with Crippen LogP contribution in [-0.4, -0.2) is 42.1 Å². The summed E-state index contributed by atoms with van der Waals surface area (Å²) in [7, 11) is 0. The molecule has 0 saturated carbocycles. The first-order valence-electron chi connectivity index (χ1n) is 5.57. The molecule has 0 bridgehead atoms. The highest BCUT2D eigenvalue weighted by Gasteiger charge is 2.06. The molecule has 0 aliphatic heterocycles. The molecule has 0 aliphatic carbocycles. The molecule has 1 heterocycles. The van der Waals surface area contributed by atoms with Gasteiger partial charge < -0.3 is 9.64 Å². The molecule has 0 atom stereocenters. The minimum Gasteiger partial charge on any atom is -0.461 e. The first-order chi connectivity index (χ1) is 7.77. The molecular weight excluding hydrogens is 204 g/mol. The van der Waals surface area contributed by atoms with Crippen molar-refractivity contribution in [2.24, 2.45) is 0 Å². The van der Waals surface area contributed by atoms with Crippen LogP contribution in [-0.2, 0) is 4.74 Å². The van der Waals surface area contributed by atoms with Crippen LogP contribution >= 0.6 is 0 Å². The third-order valence-electron chi connectivity index (χ3n) is 2.45. The third kappa shape index (κ3) is 3.98. The van der Waals surface area contributed by atoms with E-state index in [1.165, 1.54) is 0 Å². The van der Waals surface area contributed by atoms with Crippen molar-refractivity contribution in [3.05, 3.63) is 30.1 Å². The molecule has 0 aliphatic rings. The second kappa shape index (κ2) is 6.95. The molecule has 0 radical (unpaired) electrons. The highest BCUT2D eigenvalue weighted by atomic mass is 16.5. The van der Waals surface area contributed by atoms with Crippen LogP contribution in [0.5, 0.6) is 0 Å². The first-order valence-corrected chi connectivity index (χ1v) is 5.57. The quantitative estimate of drug-likeness (QED) is 0.685. The monoisotopic (exact) mass is 222 g/mol. The van der Waals surface area contributed by atoms with Gasteiger partial charge in [-0.3, -0.25) is 4.98 Å². The fourth-order valence-corrected chi connectivity index (χ4v) is 1.38. The second-order valence-corrected chi connectivity index (χ2v) is 3.40. The lowest BCUT2D eigenvalue weighted by molar-refractivity contribution is 0.0466. The number of pyridine rings is 1. The van der Waals surface area contributed by atoms with Crippen LogP contribution < -0.4 is 0 Å². The normalized spacial score (nSPS) is 10.4. The van der Waals surface area contributed by atoms with E-state index < -0.39 is 0 Å². The number of carbonyl (C=O) groups is 1. The molecule has 0 aromatic carbocycles. The Balaban J connectivity index is 2.31. The zero-order valence-electron chi connectivity index (χ0n) is 9.85. The van der Waals surface area contributed by atoms with Crippen molar-refractivity contribution in [1.82, 2.24) is 9.88 Å². The number of ether oxygens (including phenoxy) is 1. The lowest BCUT2D eigenvalue weighted by Gasteiger charge is -2.17. The number of carbonyl (C=O) groups excluding carboxylic acids is 1. The van der Waals surface area contributed by atoms with Gasteiger partial charge in [-0.25, -0.2) is 4.79 Å². The number of hydrogen-bond donors (Lipinski definition) is 0. The Morgan fingerprint density at radius 2 is 1.94 bits per heavy atom. The molecule has 0 unspecified atom stereocenters. The Morgan fingerprint density at radius 1 is 1.31 bits per heavy atom. The Morgan fingerprint density at radius 3 is 2.50 bits per heavy atom. The lowest BCUT2D eigenvalue weighted by atomic mass is 10.3. The van der Waals surface area contributed by atoms with E-state index in [1.807, 2.05) is 0 Å². The summed E-state index contributed by atoms with van der Waals surface area (Å²) in [4.78, 5) is 17.6. The van der Waals surface area contributed by atoms with Crippen molar-refractivity contribution in [2.45, 2.75) is 13.8 Å². The smallest absolute Gasteiger partial charge is 0.338 e. The predicted molar refractivity (Wildman–Crippen MR) is 62.3 cm³/mol. The average Bonchev–Trinajstić information content (AvgIpc) is 2.35. The highest BCUT2D eigenvalue weighted by molar-refractivity contribution is 5.89. The molecule has 1 aromatic heterocycles. The van der Waals surface area contributed by atoms with Crippen molar-refractivity contribution < 1.29 is 9.53 Å². The third-order valence-corrected chi connectivity index (χ3v) is 2.45. The largest absolute Gasteiger partial charge is 0.461 e. The minimum absolute atomic E-state index is 0.283. The van der Waals surface area contributed by atoms with Crippen LogP contribution in [0.3, 0.4) is 0 Å². The summed E-state index contributed by atoms with van der Waals surface area (Å²) in [5.74, 6) is -0.283. The summed E-state index contributed by atoms with van der Waals surface area (Å²) < 4.78 is 5.15. The van der Waals surface area contributed by atoms with Crippen LogP contribution in [0.25, 0.3) is 0 Å². The molecule has 0 amide bonds. The number of hydrogen-bond acceptors (Lipinski definition) is 4. The van der Waals surface area contributed by atoms with Gasteiger partial charge in [-0.15, -0.1) is 0 Å². The molecule has 4 nitrogen and oxygen atoms in total. The summed E-state index contributed by atoms with van der Waals surface area (Å²) in [6, 6.07) is 3.31. The highest BCUT2D eigenvalue weighted by Crippen LogP contribution is 1.99. The number of likely N-dealkylation sites (N-methyl/N-ethyl adjacent to an activating group) is 1. The average molecular weight is 222 g/mol. The molecule has 0 N–H and O–H groups in total. The van der Waals surface area contributed by atoms with E-state index in [0.29, 0.717) is 12.2 Å². The molecule has 88 valence electrons. The van der Waals surface area contributed by atoms with Gasteiger partial charge in [0.1, 0.15) is 6.61 Å². The van der Waals surface area contributed by atoms with E-state index in [2.05, 4.69) is 23.7 Å². The van der Waals surface area contributed by atoms with Gasteiger partial charge in [0.05, 0.1) is 5.56 Å². The molecule has 0 spiro atoms. The Bertz CT molecular complexity index is 310. The van der Waals surface area contributed by atoms with E-state index in [9.17, 15) is 4.79 Å². The maximum absolute atomic E-state index is 11.5. The Labute approximate surface area is 96.2 Å². The minimum atomic E-state index is -0.283. The van der Waals surface area contributed by atoms with Crippen molar-refractivity contribution >= 4 is 5.97 Å². The summed E-state index contributed by atoms with van der Waals surface area (Å²) in [5.41, 5.74) is 0.551. The van der Waals surface area contributed by atoms with Crippen LogP contribution in [0.2, 0.25) is 0 Å². The number of esters is 1. The fourth-order valence-electron chi connectivity index (χ4n) is 1.38. The van der Waals surface area contributed by atoms with E-state index in [0.717, 1.165) is 19.6 Å². The molecule has 1 aromatic rings. The molecule has 16 heavy (non-hydrogen) atoms. The van der Waals surface area contributed by atoms with Crippen LogP contribution in [0.15, 0.2) is 24.5 Å². The second-order valence-electron chi connectivity index (χ2n) is 3.40. The number of nitrogens with zero attached hydrogens (tertiary/aromatic N) is 2. The summed E-state index contributed by atoms with van der Waals surface area (Å²) in [6.45, 7) is 7.35. The van der Waals surface area contributed by atoms with Crippen LogP contribution in [0, 0.1) is 0 Å². The number of rotatable bonds is 6. The van der Waals surface area contributed by atoms with Crippen molar-refractivity contribution in [1.29, 1.82) is 0 Å². The topological polar surface area (TPSA) is 42.4 Å². The van der Waals surface area contributed by atoms with Crippen LogP contribution in [0.4, 0.5) is 0 Å². The standard InChI is InChI=1S/C12H18N2O2/c1-3-14(4-2)9-10-16-12(15)11-5-7-13-8-6-11/h5-8H,3-4,9-10H2,1-2H3. The van der Waals surface area contributed by atoms with Gasteiger partial charge in [0.25, 0.3) is 0 Å². The van der Waals surface area contributed by atoms with Gasteiger partial charge in [-0.05, 0) is 25.2 Å².